The first-order chi connectivity index (χ1) is 8.99. The van der Waals surface area contributed by atoms with E-state index in [9.17, 15) is 9.59 Å². The van der Waals surface area contributed by atoms with Crippen LogP contribution >= 0.6 is 0 Å². The van der Waals surface area contributed by atoms with Crippen molar-refractivity contribution in [1.29, 1.82) is 0 Å². The maximum absolute atomic E-state index is 12.1. The molecule has 0 bridgehead atoms. The second-order valence-corrected chi connectivity index (χ2v) is 4.66. The van der Waals surface area contributed by atoms with E-state index in [1.165, 1.54) is 0 Å². The van der Waals surface area contributed by atoms with Crippen LogP contribution in [-0.2, 0) is 4.79 Å². The molecule has 0 aliphatic heterocycles. The standard InChI is InChI=1S/C15H21NO3/c1-4-6-14(17)16(7-5-2)13-9-11(3)8-12(10-13)15(18)19/h8-10H,4-7H2,1-3H3,(H,18,19). The first kappa shape index (κ1) is 15.2. The van der Waals surface area contributed by atoms with Gasteiger partial charge in [0.2, 0.25) is 5.91 Å². The Labute approximate surface area is 114 Å². The van der Waals surface area contributed by atoms with Gasteiger partial charge in [-0.25, -0.2) is 4.79 Å². The van der Waals surface area contributed by atoms with E-state index in [4.69, 9.17) is 5.11 Å². The van der Waals surface area contributed by atoms with Crippen LogP contribution in [-0.4, -0.2) is 23.5 Å². The molecule has 0 saturated heterocycles. The lowest BCUT2D eigenvalue weighted by Crippen LogP contribution is -2.31. The molecule has 0 radical (unpaired) electrons. The van der Waals surface area contributed by atoms with Gasteiger partial charge in [0.15, 0.2) is 0 Å². The Morgan fingerprint density at radius 1 is 1.16 bits per heavy atom. The van der Waals surface area contributed by atoms with E-state index >= 15 is 0 Å². The molecule has 4 heteroatoms. The summed E-state index contributed by atoms with van der Waals surface area (Å²) in [5.74, 6) is -0.921. The highest BCUT2D eigenvalue weighted by Gasteiger charge is 2.16. The molecule has 0 unspecified atom stereocenters. The fourth-order valence-corrected chi connectivity index (χ4v) is 2.01. The molecule has 0 aliphatic rings. The Hall–Kier alpha value is -1.84. The van der Waals surface area contributed by atoms with Gasteiger partial charge in [-0.15, -0.1) is 0 Å². The SMILES string of the molecule is CCCC(=O)N(CCC)c1cc(C)cc(C(=O)O)c1. The van der Waals surface area contributed by atoms with Gasteiger partial charge in [-0.1, -0.05) is 13.8 Å². The van der Waals surface area contributed by atoms with E-state index in [-0.39, 0.29) is 11.5 Å². The molecule has 104 valence electrons. The number of carbonyl (C=O) groups excluding carboxylic acids is 1. The molecule has 0 saturated carbocycles. The van der Waals surface area contributed by atoms with E-state index in [1.807, 2.05) is 26.8 Å². The van der Waals surface area contributed by atoms with Crippen molar-refractivity contribution in [1.82, 2.24) is 0 Å². The molecule has 1 aromatic carbocycles. The van der Waals surface area contributed by atoms with Crippen molar-refractivity contribution in [2.75, 3.05) is 11.4 Å². The molecule has 4 nitrogen and oxygen atoms in total. The summed E-state index contributed by atoms with van der Waals surface area (Å²) >= 11 is 0. The van der Waals surface area contributed by atoms with Crippen LogP contribution in [0.4, 0.5) is 5.69 Å². The Balaban J connectivity index is 3.14. The Morgan fingerprint density at radius 2 is 1.84 bits per heavy atom. The minimum atomic E-state index is -0.968. The molecule has 0 heterocycles. The number of benzene rings is 1. The van der Waals surface area contributed by atoms with Crippen molar-refractivity contribution in [3.63, 3.8) is 0 Å². The van der Waals surface area contributed by atoms with Gasteiger partial charge in [0.25, 0.3) is 0 Å². The topological polar surface area (TPSA) is 57.6 Å². The Bertz CT molecular complexity index is 468. The average Bonchev–Trinajstić information content (AvgIpc) is 2.35. The van der Waals surface area contributed by atoms with Crippen LogP contribution in [0.3, 0.4) is 0 Å². The zero-order valence-corrected chi connectivity index (χ0v) is 11.8. The summed E-state index contributed by atoms with van der Waals surface area (Å²) in [7, 11) is 0. The maximum atomic E-state index is 12.1. The van der Waals surface area contributed by atoms with Gasteiger partial charge in [0, 0.05) is 18.7 Å². The number of carbonyl (C=O) groups is 2. The molecule has 0 atom stereocenters. The molecule has 0 spiro atoms. The van der Waals surface area contributed by atoms with Gasteiger partial charge in [0.05, 0.1) is 5.56 Å². The van der Waals surface area contributed by atoms with Crippen LogP contribution in [0, 0.1) is 6.92 Å². The van der Waals surface area contributed by atoms with Crippen molar-refractivity contribution < 1.29 is 14.7 Å². The number of hydrogen-bond donors (Lipinski definition) is 1. The number of carboxylic acid groups (broad SMARTS) is 1. The number of rotatable bonds is 6. The van der Waals surface area contributed by atoms with E-state index in [2.05, 4.69) is 0 Å². The van der Waals surface area contributed by atoms with Crippen LogP contribution in [0.1, 0.15) is 49.0 Å². The minimum absolute atomic E-state index is 0.0475. The molecule has 1 rings (SSSR count). The number of nitrogens with zero attached hydrogens (tertiary/aromatic N) is 1. The lowest BCUT2D eigenvalue weighted by molar-refractivity contribution is -0.118. The Morgan fingerprint density at radius 3 is 2.37 bits per heavy atom. The monoisotopic (exact) mass is 263 g/mol. The van der Waals surface area contributed by atoms with E-state index in [0.29, 0.717) is 18.7 Å². The summed E-state index contributed by atoms with van der Waals surface area (Å²) in [6.45, 7) is 6.41. The summed E-state index contributed by atoms with van der Waals surface area (Å²) in [4.78, 5) is 24.9. The van der Waals surface area contributed by atoms with Crippen LogP contribution in [0.5, 0.6) is 0 Å². The van der Waals surface area contributed by atoms with Gasteiger partial charge in [-0.05, 0) is 43.5 Å². The first-order valence-electron chi connectivity index (χ1n) is 6.65. The number of carboxylic acids is 1. The average molecular weight is 263 g/mol. The number of anilines is 1. The number of aromatic carboxylic acids is 1. The number of amides is 1. The molecule has 1 N–H and O–H groups in total. The zero-order chi connectivity index (χ0) is 14.4. The number of aryl methyl sites for hydroxylation is 1. The molecule has 0 aromatic heterocycles. The van der Waals surface area contributed by atoms with E-state index in [0.717, 1.165) is 18.4 Å². The maximum Gasteiger partial charge on any atom is 0.335 e. The summed E-state index contributed by atoms with van der Waals surface area (Å²) < 4.78 is 0. The second kappa shape index (κ2) is 6.92. The third kappa shape index (κ3) is 4.09. The molecule has 1 aromatic rings. The normalized spacial score (nSPS) is 10.3. The van der Waals surface area contributed by atoms with E-state index in [1.54, 1.807) is 17.0 Å². The molecule has 0 aliphatic carbocycles. The first-order valence-corrected chi connectivity index (χ1v) is 6.65. The number of hydrogen-bond acceptors (Lipinski definition) is 2. The van der Waals surface area contributed by atoms with Crippen LogP contribution in [0.2, 0.25) is 0 Å². The quantitative estimate of drug-likeness (QED) is 0.857. The summed E-state index contributed by atoms with van der Waals surface area (Å²) in [5.41, 5.74) is 1.75. The highest BCUT2D eigenvalue weighted by Crippen LogP contribution is 2.21. The van der Waals surface area contributed by atoms with Crippen molar-refractivity contribution in [2.24, 2.45) is 0 Å². The summed E-state index contributed by atoms with van der Waals surface area (Å²) in [6, 6.07) is 5.04. The van der Waals surface area contributed by atoms with Crippen LogP contribution in [0.15, 0.2) is 18.2 Å². The largest absolute Gasteiger partial charge is 0.478 e. The molecule has 0 fully saturated rings. The van der Waals surface area contributed by atoms with Gasteiger partial charge >= 0.3 is 5.97 Å². The molecular formula is C15H21NO3. The lowest BCUT2D eigenvalue weighted by atomic mass is 10.1. The fraction of sp³-hybridized carbons (Fsp3) is 0.467. The van der Waals surface area contributed by atoms with Crippen LogP contribution < -0.4 is 4.90 Å². The van der Waals surface area contributed by atoms with Crippen molar-refractivity contribution in [3.8, 4) is 0 Å². The lowest BCUT2D eigenvalue weighted by Gasteiger charge is -2.23. The second-order valence-electron chi connectivity index (χ2n) is 4.66. The molecule has 1 amide bonds. The minimum Gasteiger partial charge on any atom is -0.478 e. The highest BCUT2D eigenvalue weighted by molar-refractivity contribution is 5.96. The third-order valence-electron chi connectivity index (χ3n) is 2.83. The van der Waals surface area contributed by atoms with Crippen LogP contribution in [0.25, 0.3) is 0 Å². The summed E-state index contributed by atoms with van der Waals surface area (Å²) in [6.07, 6.45) is 2.11. The third-order valence-corrected chi connectivity index (χ3v) is 2.83. The predicted molar refractivity (Wildman–Crippen MR) is 75.7 cm³/mol. The van der Waals surface area contributed by atoms with Crippen molar-refractivity contribution in [3.05, 3.63) is 29.3 Å². The zero-order valence-electron chi connectivity index (χ0n) is 11.8. The Kier molecular flexibility index (Phi) is 5.55. The predicted octanol–water partition coefficient (Wildman–Crippen LogP) is 3.24. The van der Waals surface area contributed by atoms with Gasteiger partial charge in [0.1, 0.15) is 0 Å². The van der Waals surface area contributed by atoms with Crippen molar-refractivity contribution in [2.45, 2.75) is 40.0 Å². The molecular weight excluding hydrogens is 242 g/mol. The van der Waals surface area contributed by atoms with Gasteiger partial charge in [-0.3, -0.25) is 4.79 Å². The highest BCUT2D eigenvalue weighted by atomic mass is 16.4. The van der Waals surface area contributed by atoms with Gasteiger partial charge < -0.3 is 10.0 Å². The smallest absolute Gasteiger partial charge is 0.335 e. The van der Waals surface area contributed by atoms with Crippen molar-refractivity contribution >= 4 is 17.6 Å². The molecule has 19 heavy (non-hydrogen) atoms. The van der Waals surface area contributed by atoms with E-state index < -0.39 is 5.97 Å². The summed E-state index contributed by atoms with van der Waals surface area (Å²) in [5, 5.41) is 9.08. The fourth-order valence-electron chi connectivity index (χ4n) is 2.01. The van der Waals surface area contributed by atoms with Gasteiger partial charge in [-0.2, -0.15) is 0 Å².